The Morgan fingerprint density at radius 2 is 1.82 bits per heavy atom. The number of carbonyl (C=O) groups excluding carboxylic acids is 1. The van der Waals surface area contributed by atoms with Gasteiger partial charge in [0.15, 0.2) is 0 Å². The lowest BCUT2D eigenvalue weighted by atomic mass is 9.87. The maximum atomic E-state index is 13.8. The smallest absolute Gasteiger partial charge is 0.247 e. The second-order valence-electron chi connectivity index (χ2n) is 7.69. The van der Waals surface area contributed by atoms with Gasteiger partial charge in [-0.15, -0.1) is 0 Å². The number of nitrogens with one attached hydrogen (secondary N) is 1. The molecule has 2 aliphatic rings. The molecule has 0 spiro atoms. The number of hydrogen-bond acceptors (Lipinski definition) is 3. The molecule has 148 valence electrons. The van der Waals surface area contributed by atoms with Crippen molar-refractivity contribution in [3.8, 4) is 0 Å². The Hall–Kier alpha value is -2.31. The van der Waals surface area contributed by atoms with E-state index in [1.807, 2.05) is 12.1 Å². The van der Waals surface area contributed by atoms with E-state index in [1.165, 1.54) is 17.7 Å². The fourth-order valence-corrected chi connectivity index (χ4v) is 4.69. The number of rotatable bonds is 4. The van der Waals surface area contributed by atoms with Crippen LogP contribution in [0.4, 0.5) is 8.78 Å². The van der Waals surface area contributed by atoms with Gasteiger partial charge in [0.25, 0.3) is 0 Å². The number of aryl methyl sites for hydroxylation is 1. The Bertz CT molecular complexity index is 862. The van der Waals surface area contributed by atoms with Crippen LogP contribution in [-0.2, 0) is 23.3 Å². The van der Waals surface area contributed by atoms with Crippen molar-refractivity contribution in [3.05, 3.63) is 70.8 Å². The lowest BCUT2D eigenvalue weighted by Gasteiger charge is -2.44. The molecular weight excluding hydrogens is 360 g/mol. The molecule has 1 N–H and O–H groups in total. The summed E-state index contributed by atoms with van der Waals surface area (Å²) in [5.41, 5.74) is 2.02. The summed E-state index contributed by atoms with van der Waals surface area (Å²) < 4.78 is 27.2. The zero-order chi connectivity index (χ0) is 19.7. The van der Waals surface area contributed by atoms with Crippen molar-refractivity contribution in [1.29, 1.82) is 0 Å². The fraction of sp³-hybridized carbons (Fsp3) is 0.409. The van der Waals surface area contributed by atoms with E-state index in [0.29, 0.717) is 5.56 Å². The third-order valence-corrected chi connectivity index (χ3v) is 5.92. The predicted molar refractivity (Wildman–Crippen MR) is 104 cm³/mol. The standard InChI is InChI=1S/C22H25F2N3O/c1-26(15-16-12-18(23)14-19(24)13-16)21(28)22(27-10-8-25-9-11-27)7-6-17-4-2-3-5-20(17)22/h2-5,12-14,25H,6-11,15H2,1H3/t22-/m1/s1. The summed E-state index contributed by atoms with van der Waals surface area (Å²) in [6, 6.07) is 11.6. The number of likely N-dealkylation sites (N-methyl/N-ethyl adjacent to an activating group) is 1. The van der Waals surface area contributed by atoms with Gasteiger partial charge in [-0.2, -0.15) is 0 Å². The Morgan fingerprint density at radius 1 is 1.14 bits per heavy atom. The molecule has 28 heavy (non-hydrogen) atoms. The number of benzene rings is 2. The summed E-state index contributed by atoms with van der Waals surface area (Å²) in [7, 11) is 1.72. The minimum absolute atomic E-state index is 0.0102. The van der Waals surface area contributed by atoms with Gasteiger partial charge in [0.05, 0.1) is 0 Å². The van der Waals surface area contributed by atoms with Crippen LogP contribution in [0, 0.1) is 11.6 Å². The van der Waals surface area contributed by atoms with E-state index in [1.54, 1.807) is 11.9 Å². The molecule has 1 heterocycles. The molecule has 4 nitrogen and oxygen atoms in total. The summed E-state index contributed by atoms with van der Waals surface area (Å²) >= 11 is 0. The van der Waals surface area contributed by atoms with Crippen LogP contribution >= 0.6 is 0 Å². The lowest BCUT2D eigenvalue weighted by molar-refractivity contribution is -0.145. The van der Waals surface area contributed by atoms with E-state index < -0.39 is 17.2 Å². The van der Waals surface area contributed by atoms with Crippen LogP contribution < -0.4 is 5.32 Å². The number of fused-ring (bicyclic) bond motifs is 1. The molecule has 2 aromatic carbocycles. The molecule has 2 aromatic rings. The number of hydrogen-bond donors (Lipinski definition) is 1. The molecule has 6 heteroatoms. The minimum Gasteiger partial charge on any atom is -0.340 e. The summed E-state index contributed by atoms with van der Waals surface area (Å²) in [5, 5.41) is 3.35. The quantitative estimate of drug-likeness (QED) is 0.879. The molecule has 1 atom stereocenters. The summed E-state index contributed by atoms with van der Waals surface area (Å²) in [5.74, 6) is -1.26. The van der Waals surface area contributed by atoms with E-state index >= 15 is 0 Å². The molecular formula is C22H25F2N3O. The number of carbonyl (C=O) groups is 1. The van der Waals surface area contributed by atoms with Gasteiger partial charge in [0.1, 0.15) is 17.2 Å². The van der Waals surface area contributed by atoms with Gasteiger partial charge in [-0.25, -0.2) is 8.78 Å². The van der Waals surface area contributed by atoms with Gasteiger partial charge >= 0.3 is 0 Å². The first-order valence-corrected chi connectivity index (χ1v) is 9.75. The zero-order valence-corrected chi connectivity index (χ0v) is 16.0. The molecule has 1 saturated heterocycles. The Morgan fingerprint density at radius 3 is 2.54 bits per heavy atom. The van der Waals surface area contributed by atoms with Gasteiger partial charge in [-0.3, -0.25) is 9.69 Å². The van der Waals surface area contributed by atoms with Crippen molar-refractivity contribution in [3.63, 3.8) is 0 Å². The highest BCUT2D eigenvalue weighted by Crippen LogP contribution is 2.43. The molecule has 1 amide bonds. The first-order valence-electron chi connectivity index (χ1n) is 9.75. The highest BCUT2D eigenvalue weighted by atomic mass is 19.1. The monoisotopic (exact) mass is 385 g/mol. The molecule has 0 bridgehead atoms. The Kier molecular flexibility index (Phi) is 5.17. The molecule has 4 rings (SSSR count). The average Bonchev–Trinajstić information content (AvgIpc) is 3.08. The average molecular weight is 385 g/mol. The van der Waals surface area contributed by atoms with Crippen LogP contribution in [-0.4, -0.2) is 48.9 Å². The summed E-state index contributed by atoms with van der Waals surface area (Å²) in [4.78, 5) is 17.7. The normalized spacial score (nSPS) is 22.1. The van der Waals surface area contributed by atoms with E-state index in [9.17, 15) is 13.6 Å². The van der Waals surface area contributed by atoms with Gasteiger partial charge in [0.2, 0.25) is 5.91 Å². The summed E-state index contributed by atoms with van der Waals surface area (Å²) in [6.07, 6.45) is 1.58. The highest BCUT2D eigenvalue weighted by molar-refractivity contribution is 5.89. The minimum atomic E-state index is -0.709. The number of piperazine rings is 1. The number of halogens is 2. The van der Waals surface area contributed by atoms with Crippen LogP contribution in [0.1, 0.15) is 23.1 Å². The van der Waals surface area contributed by atoms with E-state index in [2.05, 4.69) is 22.3 Å². The maximum absolute atomic E-state index is 13.8. The van der Waals surface area contributed by atoms with Crippen LogP contribution in [0.15, 0.2) is 42.5 Å². The largest absolute Gasteiger partial charge is 0.340 e. The second-order valence-corrected chi connectivity index (χ2v) is 7.69. The third-order valence-electron chi connectivity index (χ3n) is 5.92. The van der Waals surface area contributed by atoms with Crippen LogP contribution in [0.3, 0.4) is 0 Å². The van der Waals surface area contributed by atoms with E-state index in [0.717, 1.165) is 50.7 Å². The highest BCUT2D eigenvalue weighted by Gasteiger charge is 2.50. The predicted octanol–water partition coefficient (Wildman–Crippen LogP) is 2.67. The van der Waals surface area contributed by atoms with Crippen molar-refractivity contribution in [2.45, 2.75) is 24.9 Å². The first kappa shape index (κ1) is 19.0. The van der Waals surface area contributed by atoms with Crippen molar-refractivity contribution in [1.82, 2.24) is 15.1 Å². The molecule has 0 unspecified atom stereocenters. The molecule has 1 fully saturated rings. The Balaban J connectivity index is 1.68. The first-order chi connectivity index (χ1) is 13.5. The van der Waals surface area contributed by atoms with E-state index in [4.69, 9.17) is 0 Å². The van der Waals surface area contributed by atoms with Gasteiger partial charge in [0, 0.05) is 45.8 Å². The fourth-order valence-electron chi connectivity index (χ4n) is 4.69. The van der Waals surface area contributed by atoms with E-state index in [-0.39, 0.29) is 12.5 Å². The van der Waals surface area contributed by atoms with Crippen LogP contribution in [0.5, 0.6) is 0 Å². The van der Waals surface area contributed by atoms with Crippen molar-refractivity contribution in [2.24, 2.45) is 0 Å². The molecule has 1 aliphatic heterocycles. The second kappa shape index (κ2) is 7.60. The van der Waals surface area contributed by atoms with Crippen molar-refractivity contribution >= 4 is 5.91 Å². The molecule has 0 saturated carbocycles. The molecule has 0 radical (unpaired) electrons. The van der Waals surface area contributed by atoms with Gasteiger partial charge < -0.3 is 10.2 Å². The zero-order valence-electron chi connectivity index (χ0n) is 16.0. The lowest BCUT2D eigenvalue weighted by Crippen LogP contribution is -2.60. The number of nitrogens with zero attached hydrogens (tertiary/aromatic N) is 2. The van der Waals surface area contributed by atoms with Crippen molar-refractivity contribution in [2.75, 3.05) is 33.2 Å². The topological polar surface area (TPSA) is 35.6 Å². The molecule has 1 aliphatic carbocycles. The van der Waals surface area contributed by atoms with Gasteiger partial charge in [-0.1, -0.05) is 24.3 Å². The third kappa shape index (κ3) is 3.31. The Labute approximate surface area is 164 Å². The van der Waals surface area contributed by atoms with Crippen LogP contribution in [0.2, 0.25) is 0 Å². The summed E-state index contributed by atoms with van der Waals surface area (Å²) in [6.45, 7) is 3.45. The maximum Gasteiger partial charge on any atom is 0.247 e. The number of amides is 1. The van der Waals surface area contributed by atoms with Crippen LogP contribution in [0.25, 0.3) is 0 Å². The van der Waals surface area contributed by atoms with Crippen molar-refractivity contribution < 1.29 is 13.6 Å². The molecule has 0 aromatic heterocycles. The van der Waals surface area contributed by atoms with Gasteiger partial charge in [-0.05, 0) is 41.7 Å². The SMILES string of the molecule is CN(Cc1cc(F)cc(F)c1)C(=O)[C@@]1(N2CCNCC2)CCc2ccccc21.